The normalized spacial score (nSPS) is 16.1. The fourth-order valence-corrected chi connectivity index (χ4v) is 4.48. The molecular weight excluding hydrogens is 354 g/mol. The highest BCUT2D eigenvalue weighted by Gasteiger charge is 2.29. The summed E-state index contributed by atoms with van der Waals surface area (Å²) in [4.78, 5) is 24.7. The third kappa shape index (κ3) is 3.06. The number of aromatic nitrogens is 3. The van der Waals surface area contributed by atoms with E-state index in [1.54, 1.807) is 36.7 Å². The molecule has 3 heterocycles. The van der Waals surface area contributed by atoms with Gasteiger partial charge in [0.15, 0.2) is 0 Å². The Morgan fingerprint density at radius 3 is 2.42 bits per heavy atom. The zero-order valence-electron chi connectivity index (χ0n) is 13.9. The molecule has 1 N–H and O–H groups in total. The molecule has 4 rings (SSSR count). The Hall–Kier alpha value is -2.78. The predicted molar refractivity (Wildman–Crippen MR) is 97.6 cm³/mol. The Bertz CT molecular complexity index is 1090. The molecule has 0 radical (unpaired) electrons. The first kappa shape index (κ1) is 16.7. The molecule has 134 valence electrons. The van der Waals surface area contributed by atoms with Crippen molar-refractivity contribution in [2.24, 2.45) is 0 Å². The van der Waals surface area contributed by atoms with Gasteiger partial charge in [-0.15, -0.1) is 0 Å². The Morgan fingerprint density at radius 2 is 1.69 bits per heavy atom. The summed E-state index contributed by atoms with van der Waals surface area (Å²) in [6, 6.07) is 9.50. The van der Waals surface area contributed by atoms with Crippen molar-refractivity contribution in [3.63, 3.8) is 0 Å². The van der Waals surface area contributed by atoms with Crippen LogP contribution >= 0.6 is 0 Å². The average Bonchev–Trinajstić information content (AvgIpc) is 2.68. The van der Waals surface area contributed by atoms with Crippen LogP contribution in [0.25, 0.3) is 10.9 Å². The number of piperazine rings is 1. The largest absolute Gasteiger partial charge is 0.338 e. The predicted octanol–water partition coefficient (Wildman–Crippen LogP) is 0.829. The van der Waals surface area contributed by atoms with Gasteiger partial charge in [-0.25, -0.2) is 18.4 Å². The molecule has 9 heteroatoms. The minimum atomic E-state index is -3.60. The molecule has 0 unspecified atom stereocenters. The smallest absolute Gasteiger partial charge is 0.248 e. The summed E-state index contributed by atoms with van der Waals surface area (Å²) < 4.78 is 27.4. The van der Waals surface area contributed by atoms with E-state index in [1.165, 1.54) is 16.4 Å². The second-order valence-corrected chi connectivity index (χ2v) is 7.95. The summed E-state index contributed by atoms with van der Waals surface area (Å²) in [6.07, 6.45) is 3.34. The van der Waals surface area contributed by atoms with E-state index >= 15 is 0 Å². The summed E-state index contributed by atoms with van der Waals surface area (Å²) in [5.41, 5.74) is 0.398. The Balaban J connectivity index is 1.56. The molecule has 8 nitrogen and oxygen atoms in total. The minimum Gasteiger partial charge on any atom is -0.338 e. The first-order valence-electron chi connectivity index (χ1n) is 8.19. The second kappa shape index (κ2) is 6.50. The van der Waals surface area contributed by atoms with E-state index in [0.717, 1.165) is 0 Å². The van der Waals surface area contributed by atoms with Gasteiger partial charge >= 0.3 is 0 Å². The number of fused-ring (bicyclic) bond motifs is 1. The van der Waals surface area contributed by atoms with Crippen molar-refractivity contribution >= 4 is 26.9 Å². The van der Waals surface area contributed by atoms with Gasteiger partial charge in [-0.1, -0.05) is 0 Å². The van der Waals surface area contributed by atoms with Crippen LogP contribution in [0.5, 0.6) is 0 Å². The fraction of sp³-hybridized carbons (Fsp3) is 0.235. The number of H-pyrrole nitrogens is 1. The van der Waals surface area contributed by atoms with E-state index in [0.29, 0.717) is 43.0 Å². The van der Waals surface area contributed by atoms with E-state index in [-0.39, 0.29) is 10.5 Å². The molecule has 1 aliphatic heterocycles. The van der Waals surface area contributed by atoms with Crippen LogP contribution in [-0.2, 0) is 10.0 Å². The number of aromatic amines is 1. The molecule has 0 atom stereocenters. The van der Waals surface area contributed by atoms with Crippen LogP contribution in [0, 0.1) is 0 Å². The van der Waals surface area contributed by atoms with Gasteiger partial charge in [-0.2, -0.15) is 4.31 Å². The molecule has 2 aromatic heterocycles. The van der Waals surface area contributed by atoms with Gasteiger partial charge in [-0.3, -0.25) is 4.79 Å². The first-order valence-corrected chi connectivity index (χ1v) is 9.63. The number of benzene rings is 1. The zero-order chi connectivity index (χ0) is 18.1. The number of nitrogens with one attached hydrogen (secondary N) is 1. The van der Waals surface area contributed by atoms with Crippen molar-refractivity contribution in [3.05, 3.63) is 59.1 Å². The maximum Gasteiger partial charge on any atom is 0.248 e. The molecule has 0 amide bonds. The summed E-state index contributed by atoms with van der Waals surface area (Å²) >= 11 is 0. The van der Waals surface area contributed by atoms with Crippen LogP contribution in [0.3, 0.4) is 0 Å². The van der Waals surface area contributed by atoms with E-state index in [1.807, 2.05) is 4.90 Å². The van der Waals surface area contributed by atoms with Gasteiger partial charge in [0.1, 0.15) is 0 Å². The average molecular weight is 371 g/mol. The SMILES string of the molecule is O=c1ccc2cc(S(=O)(=O)N3CCN(c4ncccn4)CC3)ccc2[nH]1. The van der Waals surface area contributed by atoms with Gasteiger partial charge in [0.05, 0.1) is 4.90 Å². The van der Waals surface area contributed by atoms with Crippen LogP contribution in [0.2, 0.25) is 0 Å². The number of nitrogens with zero attached hydrogens (tertiary/aromatic N) is 4. The van der Waals surface area contributed by atoms with Crippen molar-refractivity contribution in [2.75, 3.05) is 31.1 Å². The van der Waals surface area contributed by atoms with Crippen molar-refractivity contribution < 1.29 is 8.42 Å². The van der Waals surface area contributed by atoms with Crippen molar-refractivity contribution in [1.29, 1.82) is 0 Å². The van der Waals surface area contributed by atoms with E-state index in [2.05, 4.69) is 15.0 Å². The lowest BCUT2D eigenvalue weighted by Gasteiger charge is -2.33. The maximum absolute atomic E-state index is 12.9. The number of pyridine rings is 1. The molecule has 0 bridgehead atoms. The topological polar surface area (TPSA) is 99.3 Å². The summed E-state index contributed by atoms with van der Waals surface area (Å²) in [6.45, 7) is 1.79. The number of hydrogen-bond donors (Lipinski definition) is 1. The molecular formula is C17H17N5O3S. The maximum atomic E-state index is 12.9. The highest BCUT2D eigenvalue weighted by atomic mass is 32.2. The van der Waals surface area contributed by atoms with Crippen molar-refractivity contribution in [1.82, 2.24) is 19.3 Å². The molecule has 0 saturated carbocycles. The van der Waals surface area contributed by atoms with E-state index in [9.17, 15) is 13.2 Å². The molecule has 1 fully saturated rings. The van der Waals surface area contributed by atoms with Gasteiger partial charge < -0.3 is 9.88 Å². The lowest BCUT2D eigenvalue weighted by molar-refractivity contribution is 0.382. The van der Waals surface area contributed by atoms with E-state index < -0.39 is 10.0 Å². The fourth-order valence-electron chi connectivity index (χ4n) is 3.02. The summed E-state index contributed by atoms with van der Waals surface area (Å²) in [5.74, 6) is 0.610. The van der Waals surface area contributed by atoms with Crippen molar-refractivity contribution in [3.8, 4) is 0 Å². The Kier molecular flexibility index (Phi) is 4.17. The molecule has 1 aliphatic rings. The molecule has 26 heavy (non-hydrogen) atoms. The highest BCUT2D eigenvalue weighted by Crippen LogP contribution is 2.22. The first-order chi connectivity index (χ1) is 12.5. The number of sulfonamides is 1. The van der Waals surface area contributed by atoms with Crippen molar-refractivity contribution in [2.45, 2.75) is 4.90 Å². The Morgan fingerprint density at radius 1 is 0.962 bits per heavy atom. The second-order valence-electron chi connectivity index (χ2n) is 6.01. The third-order valence-corrected chi connectivity index (χ3v) is 6.30. The molecule has 3 aromatic rings. The van der Waals surface area contributed by atoms with Crippen LogP contribution in [0.1, 0.15) is 0 Å². The van der Waals surface area contributed by atoms with Gasteiger partial charge in [0, 0.05) is 50.2 Å². The molecule has 1 aromatic carbocycles. The quantitative estimate of drug-likeness (QED) is 0.732. The Labute approximate surface area is 150 Å². The summed E-state index contributed by atoms with van der Waals surface area (Å²) in [5, 5.41) is 0.682. The lowest BCUT2D eigenvalue weighted by atomic mass is 10.2. The lowest BCUT2D eigenvalue weighted by Crippen LogP contribution is -2.49. The minimum absolute atomic E-state index is 0.215. The van der Waals surface area contributed by atoms with Crippen LogP contribution in [0.15, 0.2) is 58.5 Å². The third-order valence-electron chi connectivity index (χ3n) is 4.41. The van der Waals surface area contributed by atoms with Crippen LogP contribution in [0.4, 0.5) is 5.95 Å². The van der Waals surface area contributed by atoms with Gasteiger partial charge in [0.25, 0.3) is 0 Å². The molecule has 0 spiro atoms. The monoisotopic (exact) mass is 371 g/mol. The molecule has 1 saturated heterocycles. The van der Waals surface area contributed by atoms with E-state index in [4.69, 9.17) is 0 Å². The number of hydrogen-bond acceptors (Lipinski definition) is 6. The number of anilines is 1. The van der Waals surface area contributed by atoms with Gasteiger partial charge in [0.2, 0.25) is 21.5 Å². The highest BCUT2D eigenvalue weighted by molar-refractivity contribution is 7.89. The number of rotatable bonds is 3. The summed E-state index contributed by atoms with van der Waals surface area (Å²) in [7, 11) is -3.60. The standard InChI is InChI=1S/C17H17N5O3S/c23-16-5-2-13-12-14(3-4-15(13)20-16)26(24,25)22-10-8-21(9-11-22)17-18-6-1-7-19-17/h1-7,12H,8-11H2,(H,20,23). The van der Waals surface area contributed by atoms with Crippen LogP contribution < -0.4 is 10.5 Å². The molecule has 0 aliphatic carbocycles. The zero-order valence-corrected chi connectivity index (χ0v) is 14.7. The van der Waals surface area contributed by atoms with Crippen LogP contribution in [-0.4, -0.2) is 53.9 Å². The van der Waals surface area contributed by atoms with Gasteiger partial charge in [-0.05, 0) is 35.7 Å².